The van der Waals surface area contributed by atoms with Crippen LogP contribution in [0.15, 0.2) is 17.6 Å². The van der Waals surface area contributed by atoms with E-state index < -0.39 is 0 Å². The van der Waals surface area contributed by atoms with Crippen molar-refractivity contribution in [2.45, 2.75) is 20.8 Å². The SMILES string of the molecule is C=CCNC(N)=NCCNC(=O)C(C)(C)C. The Bertz CT molecular complexity index is 266. The minimum atomic E-state index is -0.365. The molecule has 0 aliphatic rings. The fourth-order valence-corrected chi connectivity index (χ4v) is 0.844. The van der Waals surface area contributed by atoms with Gasteiger partial charge in [-0.3, -0.25) is 9.79 Å². The Kier molecular flexibility index (Phi) is 6.22. The van der Waals surface area contributed by atoms with Crippen LogP contribution in [0.1, 0.15) is 20.8 Å². The van der Waals surface area contributed by atoms with Crippen molar-refractivity contribution in [3.8, 4) is 0 Å². The molecular weight excluding hydrogens is 204 g/mol. The fraction of sp³-hybridized carbons (Fsp3) is 0.636. The number of nitrogens with two attached hydrogens (primary N) is 1. The van der Waals surface area contributed by atoms with Crippen LogP contribution in [0.2, 0.25) is 0 Å². The van der Waals surface area contributed by atoms with E-state index in [4.69, 9.17) is 5.73 Å². The van der Waals surface area contributed by atoms with Gasteiger partial charge in [0.2, 0.25) is 5.91 Å². The third-order valence-corrected chi connectivity index (χ3v) is 1.79. The van der Waals surface area contributed by atoms with Crippen LogP contribution in [0, 0.1) is 5.41 Å². The number of carbonyl (C=O) groups is 1. The van der Waals surface area contributed by atoms with Gasteiger partial charge in [-0.05, 0) is 0 Å². The molecule has 0 unspecified atom stereocenters. The summed E-state index contributed by atoms with van der Waals surface area (Å²) in [5.74, 6) is 0.380. The highest BCUT2D eigenvalue weighted by Gasteiger charge is 2.19. The topological polar surface area (TPSA) is 79.5 Å². The van der Waals surface area contributed by atoms with Crippen molar-refractivity contribution >= 4 is 11.9 Å². The zero-order chi connectivity index (χ0) is 12.6. The molecule has 0 atom stereocenters. The molecule has 0 aliphatic heterocycles. The molecule has 0 aliphatic carbocycles. The van der Waals surface area contributed by atoms with Crippen molar-refractivity contribution in [2.75, 3.05) is 19.6 Å². The molecule has 5 heteroatoms. The average molecular weight is 226 g/mol. The van der Waals surface area contributed by atoms with Crippen molar-refractivity contribution in [1.29, 1.82) is 0 Å². The van der Waals surface area contributed by atoms with Crippen molar-refractivity contribution in [2.24, 2.45) is 16.1 Å². The summed E-state index contributed by atoms with van der Waals surface area (Å²) in [5, 5.41) is 5.63. The van der Waals surface area contributed by atoms with E-state index in [-0.39, 0.29) is 11.3 Å². The van der Waals surface area contributed by atoms with Gasteiger partial charge in [-0.15, -0.1) is 6.58 Å². The molecule has 16 heavy (non-hydrogen) atoms. The average Bonchev–Trinajstić information content (AvgIpc) is 2.19. The lowest BCUT2D eigenvalue weighted by molar-refractivity contribution is -0.128. The van der Waals surface area contributed by atoms with E-state index >= 15 is 0 Å². The largest absolute Gasteiger partial charge is 0.370 e. The summed E-state index contributed by atoms with van der Waals surface area (Å²) in [4.78, 5) is 15.5. The quantitative estimate of drug-likeness (QED) is 0.272. The Balaban J connectivity index is 3.75. The third-order valence-electron chi connectivity index (χ3n) is 1.79. The molecule has 1 amide bonds. The van der Waals surface area contributed by atoms with E-state index in [9.17, 15) is 4.79 Å². The monoisotopic (exact) mass is 226 g/mol. The highest BCUT2D eigenvalue weighted by Crippen LogP contribution is 2.11. The molecular formula is C11H22N4O. The smallest absolute Gasteiger partial charge is 0.225 e. The Morgan fingerprint density at radius 1 is 1.44 bits per heavy atom. The number of hydrogen-bond acceptors (Lipinski definition) is 2. The Hall–Kier alpha value is -1.52. The molecule has 0 spiro atoms. The first-order valence-electron chi connectivity index (χ1n) is 5.31. The first-order chi connectivity index (χ1) is 7.38. The standard InChI is InChI=1S/C11H22N4O/c1-5-6-14-10(12)15-8-7-13-9(16)11(2,3)4/h5H,1,6-8H2,2-4H3,(H,13,16)(H3,12,14,15). The summed E-state index contributed by atoms with van der Waals surface area (Å²) >= 11 is 0. The number of carbonyl (C=O) groups excluding carboxylic acids is 1. The molecule has 0 radical (unpaired) electrons. The van der Waals surface area contributed by atoms with Crippen LogP contribution in [-0.2, 0) is 4.79 Å². The first-order valence-corrected chi connectivity index (χ1v) is 5.31. The molecule has 4 N–H and O–H groups in total. The summed E-state index contributed by atoms with van der Waals surface area (Å²) in [5.41, 5.74) is 5.18. The minimum absolute atomic E-state index is 0.0142. The predicted molar refractivity (Wildman–Crippen MR) is 67.2 cm³/mol. The summed E-state index contributed by atoms with van der Waals surface area (Å²) in [7, 11) is 0. The van der Waals surface area contributed by atoms with Gasteiger partial charge in [-0.1, -0.05) is 26.8 Å². The fourth-order valence-electron chi connectivity index (χ4n) is 0.844. The molecule has 0 fully saturated rings. The lowest BCUT2D eigenvalue weighted by Crippen LogP contribution is -2.37. The van der Waals surface area contributed by atoms with Gasteiger partial charge in [0.05, 0.1) is 6.54 Å². The number of amides is 1. The molecule has 92 valence electrons. The summed E-state index contributed by atoms with van der Waals surface area (Å²) < 4.78 is 0. The Morgan fingerprint density at radius 2 is 2.06 bits per heavy atom. The van der Waals surface area contributed by atoms with Crippen LogP contribution < -0.4 is 16.4 Å². The number of rotatable bonds is 5. The highest BCUT2D eigenvalue weighted by molar-refractivity contribution is 5.81. The van der Waals surface area contributed by atoms with Gasteiger partial charge in [0.15, 0.2) is 5.96 Å². The molecule has 0 heterocycles. The van der Waals surface area contributed by atoms with Gasteiger partial charge >= 0.3 is 0 Å². The van der Waals surface area contributed by atoms with Crippen LogP contribution >= 0.6 is 0 Å². The molecule has 0 aromatic rings. The van der Waals surface area contributed by atoms with Crippen molar-refractivity contribution in [3.05, 3.63) is 12.7 Å². The van der Waals surface area contributed by atoms with Gasteiger partial charge in [0.1, 0.15) is 0 Å². The molecule has 0 bridgehead atoms. The number of nitrogens with one attached hydrogen (secondary N) is 2. The van der Waals surface area contributed by atoms with Gasteiger partial charge in [0.25, 0.3) is 0 Å². The maximum atomic E-state index is 11.5. The summed E-state index contributed by atoms with van der Waals surface area (Å²) in [6.45, 7) is 10.7. The third kappa shape index (κ3) is 6.86. The zero-order valence-corrected chi connectivity index (χ0v) is 10.3. The minimum Gasteiger partial charge on any atom is -0.370 e. The number of aliphatic imine (C=N–C) groups is 1. The maximum absolute atomic E-state index is 11.5. The molecule has 0 saturated heterocycles. The van der Waals surface area contributed by atoms with E-state index in [1.54, 1.807) is 6.08 Å². The highest BCUT2D eigenvalue weighted by atomic mass is 16.2. The second kappa shape index (κ2) is 6.87. The lowest BCUT2D eigenvalue weighted by atomic mass is 9.96. The molecule has 0 aromatic carbocycles. The van der Waals surface area contributed by atoms with Crippen molar-refractivity contribution in [1.82, 2.24) is 10.6 Å². The lowest BCUT2D eigenvalue weighted by Gasteiger charge is -2.17. The van der Waals surface area contributed by atoms with E-state index in [1.165, 1.54) is 0 Å². The molecule has 0 rings (SSSR count). The summed E-state index contributed by atoms with van der Waals surface area (Å²) in [6.07, 6.45) is 1.70. The second-order valence-electron chi connectivity index (χ2n) is 4.44. The maximum Gasteiger partial charge on any atom is 0.225 e. The Morgan fingerprint density at radius 3 is 2.56 bits per heavy atom. The van der Waals surface area contributed by atoms with Gasteiger partial charge in [-0.25, -0.2) is 0 Å². The van der Waals surface area contributed by atoms with Crippen LogP contribution in [0.3, 0.4) is 0 Å². The van der Waals surface area contributed by atoms with E-state index in [1.807, 2.05) is 20.8 Å². The second-order valence-corrected chi connectivity index (χ2v) is 4.44. The molecule has 0 aromatic heterocycles. The van der Waals surface area contributed by atoms with Gasteiger partial charge in [-0.2, -0.15) is 0 Å². The van der Waals surface area contributed by atoms with Crippen molar-refractivity contribution in [3.63, 3.8) is 0 Å². The van der Waals surface area contributed by atoms with Crippen molar-refractivity contribution < 1.29 is 4.79 Å². The number of nitrogens with zero attached hydrogens (tertiary/aromatic N) is 1. The van der Waals surface area contributed by atoms with Gasteiger partial charge in [0, 0.05) is 18.5 Å². The number of hydrogen-bond donors (Lipinski definition) is 3. The molecule has 5 nitrogen and oxygen atoms in total. The van der Waals surface area contributed by atoms with E-state index in [2.05, 4.69) is 22.2 Å². The van der Waals surface area contributed by atoms with Crippen LogP contribution in [0.5, 0.6) is 0 Å². The van der Waals surface area contributed by atoms with E-state index in [0.717, 1.165) is 0 Å². The predicted octanol–water partition coefficient (Wildman–Crippen LogP) is 0.239. The molecule has 0 saturated carbocycles. The number of guanidine groups is 1. The summed E-state index contributed by atoms with van der Waals surface area (Å²) in [6, 6.07) is 0. The van der Waals surface area contributed by atoms with Crippen LogP contribution in [-0.4, -0.2) is 31.5 Å². The van der Waals surface area contributed by atoms with E-state index in [0.29, 0.717) is 25.6 Å². The Labute approximate surface area is 97.2 Å². The first kappa shape index (κ1) is 14.5. The normalized spacial score (nSPS) is 12.1. The van der Waals surface area contributed by atoms with Crippen LogP contribution in [0.25, 0.3) is 0 Å². The van der Waals surface area contributed by atoms with Gasteiger partial charge < -0.3 is 16.4 Å². The zero-order valence-electron chi connectivity index (χ0n) is 10.3. The van der Waals surface area contributed by atoms with Crippen LogP contribution in [0.4, 0.5) is 0 Å².